The molecule has 2 fully saturated rings. The van der Waals surface area contributed by atoms with E-state index in [1.54, 1.807) is 0 Å². The largest absolute Gasteiger partial charge is 0.343 e. The molecule has 116 valence electrons. The van der Waals surface area contributed by atoms with Crippen molar-refractivity contribution >= 4 is 5.91 Å². The SMILES string of the molecule is CCN(CC)C(=O)CC1(C2CCCCC2)CCNCC1. The number of rotatable bonds is 5. The van der Waals surface area contributed by atoms with Crippen LogP contribution in [0.25, 0.3) is 0 Å². The Hall–Kier alpha value is -0.570. The van der Waals surface area contributed by atoms with Crippen LogP contribution in [0, 0.1) is 11.3 Å². The van der Waals surface area contributed by atoms with Crippen LogP contribution in [0.4, 0.5) is 0 Å². The van der Waals surface area contributed by atoms with E-state index in [1.165, 1.54) is 44.9 Å². The Kier molecular flexibility index (Phi) is 5.88. The molecule has 3 heteroatoms. The first-order valence-electron chi connectivity index (χ1n) is 8.70. The smallest absolute Gasteiger partial charge is 0.223 e. The predicted molar refractivity (Wildman–Crippen MR) is 83.7 cm³/mol. The van der Waals surface area contributed by atoms with Gasteiger partial charge in [0.1, 0.15) is 0 Å². The van der Waals surface area contributed by atoms with Crippen LogP contribution in [0.15, 0.2) is 0 Å². The first-order valence-corrected chi connectivity index (χ1v) is 8.70. The fourth-order valence-corrected chi connectivity index (χ4v) is 4.36. The van der Waals surface area contributed by atoms with Crippen molar-refractivity contribution in [3.05, 3.63) is 0 Å². The third kappa shape index (κ3) is 3.55. The molecule has 0 aromatic rings. The number of carbonyl (C=O) groups is 1. The third-order valence-corrected chi connectivity index (χ3v) is 5.69. The average Bonchev–Trinajstić information content (AvgIpc) is 2.50. The lowest BCUT2D eigenvalue weighted by molar-refractivity contribution is -0.135. The number of hydrogen-bond donors (Lipinski definition) is 1. The zero-order valence-electron chi connectivity index (χ0n) is 13.4. The van der Waals surface area contributed by atoms with Crippen LogP contribution in [0.5, 0.6) is 0 Å². The van der Waals surface area contributed by atoms with Gasteiger partial charge in [-0.15, -0.1) is 0 Å². The van der Waals surface area contributed by atoms with Crippen LogP contribution in [0.1, 0.15) is 65.2 Å². The van der Waals surface area contributed by atoms with E-state index in [2.05, 4.69) is 19.2 Å². The minimum Gasteiger partial charge on any atom is -0.343 e. The molecule has 1 N–H and O–H groups in total. The second-order valence-corrected chi connectivity index (χ2v) is 6.69. The van der Waals surface area contributed by atoms with Gasteiger partial charge in [0.15, 0.2) is 0 Å². The summed E-state index contributed by atoms with van der Waals surface area (Å²) >= 11 is 0. The highest BCUT2D eigenvalue weighted by molar-refractivity contribution is 5.77. The summed E-state index contributed by atoms with van der Waals surface area (Å²) in [7, 11) is 0. The Labute approximate surface area is 124 Å². The van der Waals surface area contributed by atoms with E-state index >= 15 is 0 Å². The van der Waals surface area contributed by atoms with Crippen LogP contribution < -0.4 is 5.32 Å². The van der Waals surface area contributed by atoms with Gasteiger partial charge in [-0.3, -0.25) is 4.79 Å². The van der Waals surface area contributed by atoms with Crippen molar-refractivity contribution in [1.82, 2.24) is 10.2 Å². The Morgan fingerprint density at radius 1 is 1.10 bits per heavy atom. The van der Waals surface area contributed by atoms with Gasteiger partial charge in [0.25, 0.3) is 0 Å². The topological polar surface area (TPSA) is 32.3 Å². The maximum absolute atomic E-state index is 12.6. The standard InChI is InChI=1S/C17H32N2O/c1-3-19(4-2)16(20)14-17(10-12-18-13-11-17)15-8-6-5-7-9-15/h15,18H,3-14H2,1-2H3. The maximum Gasteiger partial charge on any atom is 0.223 e. The van der Waals surface area contributed by atoms with Crippen molar-refractivity contribution in [1.29, 1.82) is 0 Å². The summed E-state index contributed by atoms with van der Waals surface area (Å²) in [6.45, 7) is 8.10. The van der Waals surface area contributed by atoms with Crippen molar-refractivity contribution in [2.45, 2.75) is 65.2 Å². The predicted octanol–water partition coefficient (Wildman–Crippen LogP) is 3.20. The molecular formula is C17H32N2O. The fourth-order valence-electron chi connectivity index (χ4n) is 4.36. The molecule has 1 heterocycles. The summed E-state index contributed by atoms with van der Waals surface area (Å²) in [5.74, 6) is 1.18. The molecule has 0 aromatic heterocycles. The molecular weight excluding hydrogens is 248 g/mol. The molecule has 1 saturated carbocycles. The summed E-state index contributed by atoms with van der Waals surface area (Å²) in [5, 5.41) is 3.48. The Balaban J connectivity index is 2.07. The molecule has 0 spiro atoms. The minimum atomic E-state index is 0.297. The lowest BCUT2D eigenvalue weighted by Gasteiger charge is -2.46. The number of carbonyl (C=O) groups excluding carboxylic acids is 1. The van der Waals surface area contributed by atoms with Gasteiger partial charge in [-0.1, -0.05) is 19.3 Å². The van der Waals surface area contributed by atoms with Crippen LogP contribution >= 0.6 is 0 Å². The molecule has 1 aliphatic carbocycles. The van der Waals surface area contributed by atoms with Crippen LogP contribution in [-0.4, -0.2) is 37.0 Å². The highest BCUT2D eigenvalue weighted by atomic mass is 16.2. The summed E-state index contributed by atoms with van der Waals surface area (Å²) < 4.78 is 0. The molecule has 0 aromatic carbocycles. The molecule has 1 amide bonds. The van der Waals surface area contributed by atoms with Crippen LogP contribution in [-0.2, 0) is 4.79 Å². The Bertz CT molecular complexity index is 300. The molecule has 0 radical (unpaired) electrons. The van der Waals surface area contributed by atoms with E-state index in [0.717, 1.165) is 38.5 Å². The highest BCUT2D eigenvalue weighted by Gasteiger charge is 2.42. The van der Waals surface area contributed by atoms with E-state index < -0.39 is 0 Å². The molecule has 0 unspecified atom stereocenters. The Morgan fingerprint density at radius 3 is 2.25 bits per heavy atom. The normalized spacial score (nSPS) is 23.5. The maximum atomic E-state index is 12.6. The number of amides is 1. The van der Waals surface area contributed by atoms with Gasteiger partial charge in [0.2, 0.25) is 5.91 Å². The van der Waals surface area contributed by atoms with Gasteiger partial charge >= 0.3 is 0 Å². The third-order valence-electron chi connectivity index (χ3n) is 5.69. The first-order chi connectivity index (χ1) is 9.72. The highest BCUT2D eigenvalue weighted by Crippen LogP contribution is 2.47. The van der Waals surface area contributed by atoms with Gasteiger partial charge in [-0.05, 0) is 64.0 Å². The zero-order valence-corrected chi connectivity index (χ0v) is 13.4. The average molecular weight is 280 g/mol. The van der Waals surface area contributed by atoms with Gasteiger partial charge in [0.05, 0.1) is 0 Å². The van der Waals surface area contributed by atoms with Crippen molar-refractivity contribution in [3.8, 4) is 0 Å². The summed E-state index contributed by atoms with van der Waals surface area (Å²) in [6, 6.07) is 0. The van der Waals surface area contributed by atoms with Gasteiger partial charge in [-0.2, -0.15) is 0 Å². The molecule has 1 aliphatic heterocycles. The molecule has 3 nitrogen and oxygen atoms in total. The molecule has 2 rings (SSSR count). The molecule has 0 bridgehead atoms. The summed E-state index contributed by atoms with van der Waals surface area (Å²) in [5.41, 5.74) is 0.297. The number of hydrogen-bond acceptors (Lipinski definition) is 2. The van der Waals surface area contributed by atoms with Gasteiger partial charge in [0, 0.05) is 19.5 Å². The molecule has 2 aliphatic rings. The van der Waals surface area contributed by atoms with Gasteiger partial charge in [-0.25, -0.2) is 0 Å². The lowest BCUT2D eigenvalue weighted by atomic mass is 9.62. The lowest BCUT2D eigenvalue weighted by Crippen LogP contribution is -2.46. The van der Waals surface area contributed by atoms with E-state index in [-0.39, 0.29) is 0 Å². The Morgan fingerprint density at radius 2 is 1.70 bits per heavy atom. The molecule has 1 saturated heterocycles. The quantitative estimate of drug-likeness (QED) is 0.839. The van der Waals surface area contributed by atoms with E-state index in [4.69, 9.17) is 0 Å². The molecule has 0 atom stereocenters. The number of nitrogens with zero attached hydrogens (tertiary/aromatic N) is 1. The zero-order chi connectivity index (χ0) is 14.4. The van der Waals surface area contributed by atoms with Crippen molar-refractivity contribution in [2.75, 3.05) is 26.2 Å². The van der Waals surface area contributed by atoms with Crippen molar-refractivity contribution in [2.24, 2.45) is 11.3 Å². The second kappa shape index (κ2) is 7.44. The van der Waals surface area contributed by atoms with Gasteiger partial charge < -0.3 is 10.2 Å². The summed E-state index contributed by atoms with van der Waals surface area (Å²) in [4.78, 5) is 14.6. The number of nitrogens with one attached hydrogen (secondary N) is 1. The minimum absolute atomic E-state index is 0.297. The fraction of sp³-hybridized carbons (Fsp3) is 0.941. The van der Waals surface area contributed by atoms with E-state index in [9.17, 15) is 4.79 Å². The van der Waals surface area contributed by atoms with Crippen LogP contribution in [0.3, 0.4) is 0 Å². The van der Waals surface area contributed by atoms with Crippen LogP contribution in [0.2, 0.25) is 0 Å². The van der Waals surface area contributed by atoms with E-state index in [1.807, 2.05) is 4.90 Å². The van der Waals surface area contributed by atoms with Crippen molar-refractivity contribution in [3.63, 3.8) is 0 Å². The summed E-state index contributed by atoms with van der Waals surface area (Å²) in [6.07, 6.45) is 10.0. The first kappa shape index (κ1) is 15.8. The molecule has 20 heavy (non-hydrogen) atoms. The van der Waals surface area contributed by atoms with Crippen molar-refractivity contribution < 1.29 is 4.79 Å². The van der Waals surface area contributed by atoms with E-state index in [0.29, 0.717) is 11.3 Å². The second-order valence-electron chi connectivity index (χ2n) is 6.69. The monoisotopic (exact) mass is 280 g/mol. The number of piperidine rings is 1.